The van der Waals surface area contributed by atoms with Gasteiger partial charge in [0.15, 0.2) is 0 Å². The van der Waals surface area contributed by atoms with E-state index in [0.717, 1.165) is 29.5 Å². The number of allylic oxidation sites excluding steroid dienone is 3. The van der Waals surface area contributed by atoms with Gasteiger partial charge in [-0.3, -0.25) is 9.59 Å². The number of pyridine rings is 1. The molecule has 1 aromatic heterocycles. The van der Waals surface area contributed by atoms with E-state index in [1.54, 1.807) is 33.6 Å². The summed E-state index contributed by atoms with van der Waals surface area (Å²) in [5.41, 5.74) is 1.35. The minimum Gasteiger partial charge on any atom is -0.497 e. The van der Waals surface area contributed by atoms with Crippen LogP contribution >= 0.6 is 0 Å². The van der Waals surface area contributed by atoms with E-state index in [2.05, 4.69) is 22.0 Å². The highest BCUT2D eigenvalue weighted by Crippen LogP contribution is 2.44. The van der Waals surface area contributed by atoms with Crippen LogP contribution in [-0.2, 0) is 25.2 Å². The predicted octanol–water partition coefficient (Wildman–Crippen LogP) is 5.46. The average molecular weight is 699 g/mol. The van der Waals surface area contributed by atoms with Gasteiger partial charge in [-0.2, -0.15) is 13.2 Å². The number of methoxy groups -OCH3 is 3. The molecule has 270 valence electrons. The predicted molar refractivity (Wildman–Crippen MR) is 181 cm³/mol. The average Bonchev–Trinajstić information content (AvgIpc) is 3.76. The summed E-state index contributed by atoms with van der Waals surface area (Å²) < 4.78 is 58.3. The van der Waals surface area contributed by atoms with Crippen LogP contribution < -0.4 is 14.5 Å². The molecule has 3 aliphatic heterocycles. The largest absolute Gasteiger partial charge is 0.497 e. The van der Waals surface area contributed by atoms with E-state index in [9.17, 15) is 27.9 Å². The highest BCUT2D eigenvalue weighted by atomic mass is 19.4. The van der Waals surface area contributed by atoms with Crippen molar-refractivity contribution in [1.29, 1.82) is 0 Å². The number of aliphatic carboxylic acids is 1. The minimum atomic E-state index is -4.54. The standard InChI is InChI=1S/C37H45F3N4O6/c1-48-22-25-18-44(20-31(25)29-9-6-26(37(38,39)40)16-33(29)42-14-11-24(12-15-42)36(46)47)35(45)32-21-43(27-10-13-41-34(17-27)50-3)19-30(32)23-4-7-28(49-2)8-5-23/h4,6-10,13,16-17,23-25,30-32H,5,11-12,14-15,18-22H2,1-3H3,(H,46,47)/t23?,25-,30+,31+,32-/m1/s1. The second-order valence-corrected chi connectivity index (χ2v) is 13.7. The van der Waals surface area contributed by atoms with Gasteiger partial charge in [-0.15, -0.1) is 0 Å². The number of rotatable bonds is 10. The fraction of sp³-hybridized carbons (Fsp3) is 0.541. The number of halogens is 3. The lowest BCUT2D eigenvalue weighted by molar-refractivity contribution is -0.142. The third-order valence-corrected chi connectivity index (χ3v) is 10.9. The number of carboxylic acids is 1. The third kappa shape index (κ3) is 7.42. The number of piperidine rings is 1. The van der Waals surface area contributed by atoms with Crippen LogP contribution in [0.1, 0.15) is 36.3 Å². The number of amides is 1. The lowest BCUT2D eigenvalue weighted by atomic mass is 9.79. The van der Waals surface area contributed by atoms with Gasteiger partial charge >= 0.3 is 12.1 Å². The van der Waals surface area contributed by atoms with Gasteiger partial charge in [-0.1, -0.05) is 12.1 Å². The maximum absolute atomic E-state index is 14.7. The Hall–Kier alpha value is -4.26. The monoisotopic (exact) mass is 698 g/mol. The number of carboxylic acid groups (broad SMARTS) is 1. The van der Waals surface area contributed by atoms with Gasteiger partial charge in [0.25, 0.3) is 0 Å². The second kappa shape index (κ2) is 14.9. The molecular weight excluding hydrogens is 653 g/mol. The number of alkyl halides is 3. The Morgan fingerprint density at radius 3 is 2.40 bits per heavy atom. The van der Waals surface area contributed by atoms with Crippen LogP contribution in [0.15, 0.2) is 60.5 Å². The SMILES string of the molecule is COC[C@H]1CN(C(=O)[C@@H]2CN(c3ccnc(OC)c3)C[C@H]2C2C=CC(OC)=CC2)C[C@@H]1c1ccc(C(F)(F)F)cc1N1CCC(C(=O)O)CC1. The number of aromatic nitrogens is 1. The molecule has 0 bridgehead atoms. The molecule has 4 aliphatic rings. The first-order valence-corrected chi connectivity index (χ1v) is 17.1. The van der Waals surface area contributed by atoms with E-state index in [4.69, 9.17) is 14.2 Å². The van der Waals surface area contributed by atoms with Crippen LogP contribution in [0.5, 0.6) is 5.88 Å². The van der Waals surface area contributed by atoms with Crippen molar-refractivity contribution in [3.8, 4) is 5.88 Å². The van der Waals surface area contributed by atoms with Crippen molar-refractivity contribution in [2.75, 3.05) is 77.0 Å². The summed E-state index contributed by atoms with van der Waals surface area (Å²) in [6.07, 6.45) is 4.73. The Balaban J connectivity index is 1.29. The van der Waals surface area contributed by atoms with E-state index < -0.39 is 23.6 Å². The molecule has 50 heavy (non-hydrogen) atoms. The zero-order chi connectivity index (χ0) is 35.6. The van der Waals surface area contributed by atoms with E-state index in [-0.39, 0.29) is 35.5 Å². The Morgan fingerprint density at radius 2 is 1.76 bits per heavy atom. The van der Waals surface area contributed by atoms with Crippen LogP contribution in [0.25, 0.3) is 0 Å². The second-order valence-electron chi connectivity index (χ2n) is 13.7. The van der Waals surface area contributed by atoms with Crippen molar-refractivity contribution in [3.63, 3.8) is 0 Å². The van der Waals surface area contributed by atoms with Gasteiger partial charge in [0.05, 0.1) is 38.2 Å². The fourth-order valence-corrected chi connectivity index (χ4v) is 8.22. The summed E-state index contributed by atoms with van der Waals surface area (Å²) in [5, 5.41) is 9.53. The van der Waals surface area contributed by atoms with Crippen LogP contribution in [-0.4, -0.2) is 94.1 Å². The lowest BCUT2D eigenvalue weighted by Crippen LogP contribution is -2.40. The normalized spacial score (nSPS) is 25.9. The van der Waals surface area contributed by atoms with E-state index >= 15 is 0 Å². The molecule has 1 unspecified atom stereocenters. The van der Waals surface area contributed by atoms with Gasteiger partial charge in [-0.25, -0.2) is 4.98 Å². The molecule has 1 aliphatic carbocycles. The molecule has 0 spiro atoms. The van der Waals surface area contributed by atoms with Gasteiger partial charge in [0.2, 0.25) is 11.8 Å². The number of benzene rings is 1. The molecule has 4 heterocycles. The first-order chi connectivity index (χ1) is 24.0. The topological polar surface area (TPSA) is 105 Å². The highest BCUT2D eigenvalue weighted by Gasteiger charge is 2.47. The Kier molecular flexibility index (Phi) is 10.6. The number of nitrogens with zero attached hydrogens (tertiary/aromatic N) is 4. The third-order valence-electron chi connectivity index (χ3n) is 10.9. The van der Waals surface area contributed by atoms with Gasteiger partial charge in [-0.05, 0) is 67.0 Å². The van der Waals surface area contributed by atoms with E-state index in [0.29, 0.717) is 70.3 Å². The molecule has 1 amide bonds. The Labute approximate surface area is 290 Å². The molecule has 13 heteroatoms. The molecule has 1 N–H and O–H groups in total. The molecule has 6 rings (SSSR count). The van der Waals surface area contributed by atoms with E-state index in [1.165, 1.54) is 6.07 Å². The summed E-state index contributed by atoms with van der Waals surface area (Å²) in [7, 11) is 4.80. The number of hydrogen-bond acceptors (Lipinski definition) is 8. The van der Waals surface area contributed by atoms with Gasteiger partial charge < -0.3 is 34.0 Å². The van der Waals surface area contributed by atoms with Crippen molar-refractivity contribution in [1.82, 2.24) is 9.88 Å². The van der Waals surface area contributed by atoms with Crippen LogP contribution in [0.4, 0.5) is 24.5 Å². The van der Waals surface area contributed by atoms with Gasteiger partial charge in [0.1, 0.15) is 5.76 Å². The summed E-state index contributed by atoms with van der Waals surface area (Å²) in [6, 6.07) is 7.64. The molecule has 5 atom stereocenters. The molecule has 0 saturated carbocycles. The number of anilines is 2. The molecule has 3 fully saturated rings. The fourth-order valence-electron chi connectivity index (χ4n) is 8.22. The van der Waals surface area contributed by atoms with Crippen molar-refractivity contribution in [2.24, 2.45) is 29.6 Å². The first-order valence-electron chi connectivity index (χ1n) is 17.1. The highest BCUT2D eigenvalue weighted by molar-refractivity contribution is 5.81. The van der Waals surface area contributed by atoms with Crippen molar-refractivity contribution in [2.45, 2.75) is 31.4 Å². The van der Waals surface area contributed by atoms with Crippen LogP contribution in [0, 0.1) is 29.6 Å². The van der Waals surface area contributed by atoms with Crippen LogP contribution in [0.2, 0.25) is 0 Å². The smallest absolute Gasteiger partial charge is 0.416 e. The molecule has 3 saturated heterocycles. The van der Waals surface area contributed by atoms with Crippen molar-refractivity contribution in [3.05, 3.63) is 71.6 Å². The molecule has 1 aromatic carbocycles. The summed E-state index contributed by atoms with van der Waals surface area (Å²) >= 11 is 0. The van der Waals surface area contributed by atoms with Crippen LogP contribution in [0.3, 0.4) is 0 Å². The van der Waals surface area contributed by atoms with E-state index in [1.807, 2.05) is 28.0 Å². The first kappa shape index (κ1) is 35.6. The quantitative estimate of drug-likeness (QED) is 0.347. The maximum Gasteiger partial charge on any atom is 0.416 e. The molecular formula is C37H45F3N4O6. The summed E-state index contributed by atoms with van der Waals surface area (Å²) in [4.78, 5) is 36.5. The zero-order valence-electron chi connectivity index (χ0n) is 28.6. The number of likely N-dealkylation sites (tertiary alicyclic amines) is 1. The van der Waals surface area contributed by atoms with Gasteiger partial charge in [0, 0.05) is 81.9 Å². The zero-order valence-corrected chi connectivity index (χ0v) is 28.6. The van der Waals surface area contributed by atoms with Crippen molar-refractivity contribution < 1.29 is 42.1 Å². The number of ether oxygens (including phenoxy) is 3. The Bertz CT molecular complexity index is 1610. The minimum absolute atomic E-state index is 0.00431. The Morgan fingerprint density at radius 1 is 0.980 bits per heavy atom. The number of carbonyl (C=O) groups excluding carboxylic acids is 1. The lowest BCUT2D eigenvalue weighted by Gasteiger charge is -2.35. The number of hydrogen-bond donors (Lipinski definition) is 1. The van der Waals surface area contributed by atoms with Crippen molar-refractivity contribution >= 4 is 23.3 Å². The number of carbonyl (C=O) groups is 2. The summed E-state index contributed by atoms with van der Waals surface area (Å²) in [6.45, 7) is 2.93. The molecule has 10 nitrogen and oxygen atoms in total. The molecule has 2 aromatic rings. The maximum atomic E-state index is 14.7. The molecule has 0 radical (unpaired) electrons. The summed E-state index contributed by atoms with van der Waals surface area (Å²) in [5.74, 6) is -0.726.